The fourth-order valence-corrected chi connectivity index (χ4v) is 4.13. The van der Waals surface area contributed by atoms with Gasteiger partial charge in [-0.3, -0.25) is 4.79 Å². The van der Waals surface area contributed by atoms with Crippen molar-refractivity contribution < 1.29 is 4.79 Å². The summed E-state index contributed by atoms with van der Waals surface area (Å²) in [6.45, 7) is 0. The van der Waals surface area contributed by atoms with E-state index in [1.165, 1.54) is 15.7 Å². The van der Waals surface area contributed by atoms with Gasteiger partial charge in [0.25, 0.3) is 0 Å². The molecule has 0 saturated heterocycles. The molecule has 0 aliphatic heterocycles. The van der Waals surface area contributed by atoms with Crippen molar-refractivity contribution >= 4 is 28.4 Å². The van der Waals surface area contributed by atoms with Crippen molar-refractivity contribution in [2.75, 3.05) is 0 Å². The third-order valence-corrected chi connectivity index (χ3v) is 5.28. The Hall–Kier alpha value is -1.52. The van der Waals surface area contributed by atoms with Gasteiger partial charge in [-0.25, -0.2) is 0 Å². The van der Waals surface area contributed by atoms with E-state index in [4.69, 9.17) is 11.5 Å². The summed E-state index contributed by atoms with van der Waals surface area (Å²) in [4.78, 5) is 12.6. The molecule has 3 nitrogen and oxygen atoms in total. The van der Waals surface area contributed by atoms with Crippen molar-refractivity contribution in [2.45, 2.75) is 34.9 Å². The largest absolute Gasteiger partial charge is 0.368 e. The summed E-state index contributed by atoms with van der Waals surface area (Å²) in [6.07, 6.45) is 2.30. The number of hydrogen-bond donors (Lipinski definition) is 2. The normalized spacial score (nSPS) is 25.9. The number of thioether (sulfide) groups is 1. The minimum Gasteiger partial charge on any atom is -0.368 e. The molecule has 2 aromatic rings. The molecule has 0 spiro atoms. The second-order valence-corrected chi connectivity index (χ2v) is 6.89. The third kappa shape index (κ3) is 2.53. The van der Waals surface area contributed by atoms with E-state index in [0.717, 1.165) is 6.42 Å². The maximum Gasteiger partial charge on any atom is 0.237 e. The molecule has 1 saturated carbocycles. The zero-order chi connectivity index (χ0) is 14.2. The van der Waals surface area contributed by atoms with E-state index in [0.29, 0.717) is 18.1 Å². The van der Waals surface area contributed by atoms with Crippen LogP contribution in [0.4, 0.5) is 0 Å². The summed E-state index contributed by atoms with van der Waals surface area (Å²) in [6, 6.07) is 14.8. The number of benzene rings is 2. The van der Waals surface area contributed by atoms with Crippen LogP contribution in [0.1, 0.15) is 19.3 Å². The number of fused-ring (bicyclic) bond motifs is 1. The van der Waals surface area contributed by atoms with Crippen LogP contribution < -0.4 is 11.5 Å². The van der Waals surface area contributed by atoms with Gasteiger partial charge in [-0.15, -0.1) is 11.8 Å². The highest BCUT2D eigenvalue weighted by molar-refractivity contribution is 8.00. The van der Waals surface area contributed by atoms with Gasteiger partial charge in [0.2, 0.25) is 5.91 Å². The minimum atomic E-state index is -0.811. The molecule has 0 aromatic heterocycles. The first-order valence-corrected chi connectivity index (χ1v) is 7.69. The van der Waals surface area contributed by atoms with E-state index in [9.17, 15) is 4.79 Å². The van der Waals surface area contributed by atoms with Crippen LogP contribution in [0.15, 0.2) is 47.4 Å². The van der Waals surface area contributed by atoms with E-state index in [1.807, 2.05) is 12.1 Å². The van der Waals surface area contributed by atoms with E-state index < -0.39 is 5.54 Å². The predicted octanol–water partition coefficient (Wildman–Crippen LogP) is 2.67. The van der Waals surface area contributed by atoms with Crippen LogP contribution in [0.2, 0.25) is 0 Å². The Bertz CT molecular complexity index is 658. The second-order valence-electron chi connectivity index (χ2n) is 5.51. The average molecular weight is 286 g/mol. The predicted molar refractivity (Wildman–Crippen MR) is 83.6 cm³/mol. The lowest BCUT2D eigenvalue weighted by atomic mass is 9.99. The van der Waals surface area contributed by atoms with Crippen LogP contribution in [0.5, 0.6) is 0 Å². The molecule has 104 valence electrons. The quantitative estimate of drug-likeness (QED) is 0.911. The van der Waals surface area contributed by atoms with Crippen LogP contribution >= 0.6 is 11.8 Å². The molecule has 1 aliphatic carbocycles. The first kappa shape index (κ1) is 13.5. The monoisotopic (exact) mass is 286 g/mol. The maximum atomic E-state index is 11.4. The van der Waals surface area contributed by atoms with Crippen LogP contribution in [-0.4, -0.2) is 16.7 Å². The van der Waals surface area contributed by atoms with Gasteiger partial charge in [-0.05, 0) is 42.2 Å². The van der Waals surface area contributed by atoms with Crippen molar-refractivity contribution in [1.29, 1.82) is 0 Å². The maximum absolute atomic E-state index is 11.4. The van der Waals surface area contributed by atoms with Crippen LogP contribution in [0.3, 0.4) is 0 Å². The Morgan fingerprint density at radius 1 is 1.20 bits per heavy atom. The van der Waals surface area contributed by atoms with Gasteiger partial charge in [0, 0.05) is 10.1 Å². The summed E-state index contributed by atoms with van der Waals surface area (Å²) in [5, 5.41) is 2.85. The summed E-state index contributed by atoms with van der Waals surface area (Å²) in [7, 11) is 0. The number of nitrogens with two attached hydrogens (primary N) is 2. The number of rotatable bonds is 3. The third-order valence-electron chi connectivity index (χ3n) is 4.02. The Labute approximate surface area is 122 Å². The standard InChI is InChI=1S/C16H18N2OS/c17-15(19)16(18)8-7-14(10-16)20-13-6-5-11-3-1-2-4-12(11)9-13/h1-6,9,14H,7-8,10,18H2,(H2,17,19). The second kappa shape index (κ2) is 5.11. The zero-order valence-electron chi connectivity index (χ0n) is 11.2. The number of carbonyl (C=O) groups is 1. The molecular weight excluding hydrogens is 268 g/mol. The van der Waals surface area contributed by atoms with Gasteiger partial charge in [0.1, 0.15) is 0 Å². The highest BCUT2D eigenvalue weighted by Crippen LogP contribution is 2.39. The number of hydrogen-bond acceptors (Lipinski definition) is 3. The summed E-state index contributed by atoms with van der Waals surface area (Å²) in [5.41, 5.74) is 10.6. The highest BCUT2D eigenvalue weighted by atomic mass is 32.2. The minimum absolute atomic E-state index is 0.369. The molecule has 1 amide bonds. The topological polar surface area (TPSA) is 69.1 Å². The average Bonchev–Trinajstić information content (AvgIpc) is 2.81. The van der Waals surface area contributed by atoms with Gasteiger partial charge < -0.3 is 11.5 Å². The molecule has 0 bridgehead atoms. The first-order chi connectivity index (χ1) is 9.57. The molecule has 1 fully saturated rings. The molecule has 2 aromatic carbocycles. The first-order valence-electron chi connectivity index (χ1n) is 6.81. The number of amides is 1. The smallest absolute Gasteiger partial charge is 0.237 e. The number of primary amides is 1. The van der Waals surface area contributed by atoms with Gasteiger partial charge in [-0.2, -0.15) is 0 Å². The fourth-order valence-electron chi connectivity index (χ4n) is 2.79. The molecule has 3 rings (SSSR count). The lowest BCUT2D eigenvalue weighted by Gasteiger charge is -2.19. The Balaban J connectivity index is 1.76. The van der Waals surface area contributed by atoms with Gasteiger partial charge in [-0.1, -0.05) is 30.3 Å². The molecule has 0 radical (unpaired) electrons. The van der Waals surface area contributed by atoms with E-state index in [2.05, 4.69) is 30.3 Å². The fraction of sp³-hybridized carbons (Fsp3) is 0.312. The molecular formula is C16H18N2OS. The van der Waals surface area contributed by atoms with Crippen LogP contribution in [0.25, 0.3) is 10.8 Å². The van der Waals surface area contributed by atoms with Crippen molar-refractivity contribution in [2.24, 2.45) is 11.5 Å². The molecule has 4 N–H and O–H groups in total. The summed E-state index contributed by atoms with van der Waals surface area (Å²) in [5.74, 6) is -0.376. The van der Waals surface area contributed by atoms with Crippen molar-refractivity contribution in [1.82, 2.24) is 0 Å². The lowest BCUT2D eigenvalue weighted by Crippen LogP contribution is -2.50. The molecule has 4 heteroatoms. The summed E-state index contributed by atoms with van der Waals surface area (Å²) < 4.78 is 0. The Kier molecular flexibility index (Phi) is 3.44. The van der Waals surface area contributed by atoms with Crippen LogP contribution in [0, 0.1) is 0 Å². The SMILES string of the molecule is NC(=O)C1(N)CCC(Sc2ccc3ccccc3c2)C1. The molecule has 2 atom stereocenters. The highest BCUT2D eigenvalue weighted by Gasteiger charge is 2.40. The molecule has 2 unspecified atom stereocenters. The van der Waals surface area contributed by atoms with E-state index in [1.54, 1.807) is 11.8 Å². The lowest BCUT2D eigenvalue weighted by molar-refractivity contribution is -0.122. The zero-order valence-corrected chi connectivity index (χ0v) is 12.0. The Morgan fingerprint density at radius 2 is 1.95 bits per heavy atom. The van der Waals surface area contributed by atoms with Crippen molar-refractivity contribution in [3.8, 4) is 0 Å². The molecule has 1 aliphatic rings. The Morgan fingerprint density at radius 3 is 2.65 bits per heavy atom. The number of carbonyl (C=O) groups excluding carboxylic acids is 1. The summed E-state index contributed by atoms with van der Waals surface area (Å²) >= 11 is 1.80. The molecule has 20 heavy (non-hydrogen) atoms. The van der Waals surface area contributed by atoms with Crippen LogP contribution in [-0.2, 0) is 4.79 Å². The van der Waals surface area contributed by atoms with Crippen molar-refractivity contribution in [3.05, 3.63) is 42.5 Å². The van der Waals surface area contributed by atoms with Gasteiger partial charge >= 0.3 is 0 Å². The molecule has 0 heterocycles. The van der Waals surface area contributed by atoms with Gasteiger partial charge in [0.15, 0.2) is 0 Å². The van der Waals surface area contributed by atoms with Gasteiger partial charge in [0.05, 0.1) is 5.54 Å². The van der Waals surface area contributed by atoms with Crippen molar-refractivity contribution in [3.63, 3.8) is 0 Å². The van der Waals surface area contributed by atoms with E-state index >= 15 is 0 Å². The van der Waals surface area contributed by atoms with E-state index in [-0.39, 0.29) is 5.91 Å².